The van der Waals surface area contributed by atoms with Crippen LogP contribution in [0.4, 0.5) is 5.82 Å². The summed E-state index contributed by atoms with van der Waals surface area (Å²) in [5, 5.41) is 17.1. The van der Waals surface area contributed by atoms with E-state index in [1.54, 1.807) is 0 Å². The van der Waals surface area contributed by atoms with Gasteiger partial charge in [-0.3, -0.25) is 0 Å². The average molecular weight is 202 g/mol. The Hall–Kier alpha value is -1.63. The van der Waals surface area contributed by atoms with Crippen LogP contribution in [0.25, 0.3) is 0 Å². The Kier molecular flexibility index (Phi) is 2.82. The number of hydrogen-bond donors (Lipinski definition) is 0. The maximum Gasteiger partial charge on any atom is 0.151 e. The van der Waals surface area contributed by atoms with Crippen LogP contribution >= 0.6 is 0 Å². The van der Waals surface area contributed by atoms with Crippen LogP contribution in [-0.2, 0) is 0 Å². The van der Waals surface area contributed by atoms with E-state index < -0.39 is 0 Å². The molecule has 0 saturated carbocycles. The van der Waals surface area contributed by atoms with Gasteiger partial charge in [-0.1, -0.05) is 0 Å². The lowest BCUT2D eigenvalue weighted by molar-refractivity contribution is 0.489. The molecule has 0 radical (unpaired) electrons. The summed E-state index contributed by atoms with van der Waals surface area (Å²) < 4.78 is 0. The monoisotopic (exact) mass is 202 g/mol. The minimum Gasteiger partial charge on any atom is -0.354 e. The third-order valence-electron chi connectivity index (χ3n) is 2.71. The first-order chi connectivity index (χ1) is 7.29. The van der Waals surface area contributed by atoms with E-state index in [1.807, 2.05) is 19.1 Å². The quantitative estimate of drug-likeness (QED) is 0.693. The Bertz CT molecular complexity index is 365. The molecule has 78 valence electrons. The summed E-state index contributed by atoms with van der Waals surface area (Å²) in [6.45, 7) is 3.69. The molecule has 1 aliphatic rings. The second-order valence-electron chi connectivity index (χ2n) is 3.95. The van der Waals surface area contributed by atoms with Gasteiger partial charge in [0.05, 0.1) is 17.7 Å². The van der Waals surface area contributed by atoms with Crippen LogP contribution in [0.2, 0.25) is 0 Å². The van der Waals surface area contributed by atoms with Gasteiger partial charge in [-0.05, 0) is 31.9 Å². The van der Waals surface area contributed by atoms with E-state index in [0.717, 1.165) is 37.4 Å². The van der Waals surface area contributed by atoms with Crippen molar-refractivity contribution in [3.05, 3.63) is 17.8 Å². The van der Waals surface area contributed by atoms with Gasteiger partial charge in [0.1, 0.15) is 0 Å². The standard InChI is InChI=1S/C11H14N4/c1-9-4-5-11(14-13-9)15-6-2-3-10(7-12)8-15/h4-5,10H,2-3,6,8H2,1H3. The number of nitriles is 1. The Balaban J connectivity index is 2.10. The van der Waals surface area contributed by atoms with Crippen molar-refractivity contribution in [2.45, 2.75) is 19.8 Å². The van der Waals surface area contributed by atoms with Gasteiger partial charge in [0.25, 0.3) is 0 Å². The van der Waals surface area contributed by atoms with E-state index >= 15 is 0 Å². The topological polar surface area (TPSA) is 52.8 Å². The molecule has 15 heavy (non-hydrogen) atoms. The minimum absolute atomic E-state index is 0.141. The fourth-order valence-electron chi connectivity index (χ4n) is 1.85. The number of anilines is 1. The molecule has 0 aliphatic carbocycles. The lowest BCUT2D eigenvalue weighted by Gasteiger charge is -2.30. The summed E-state index contributed by atoms with van der Waals surface area (Å²) in [7, 11) is 0. The largest absolute Gasteiger partial charge is 0.354 e. The molecule has 0 amide bonds. The van der Waals surface area contributed by atoms with Gasteiger partial charge in [-0.25, -0.2) is 0 Å². The zero-order valence-electron chi connectivity index (χ0n) is 8.85. The van der Waals surface area contributed by atoms with Crippen molar-refractivity contribution in [3.63, 3.8) is 0 Å². The average Bonchev–Trinajstić information content (AvgIpc) is 2.30. The molecular formula is C11H14N4. The molecule has 4 nitrogen and oxygen atoms in total. The molecule has 1 aliphatic heterocycles. The van der Waals surface area contributed by atoms with Crippen molar-refractivity contribution in [3.8, 4) is 6.07 Å². The molecule has 0 N–H and O–H groups in total. The number of aryl methyl sites for hydroxylation is 1. The van der Waals surface area contributed by atoms with Crippen LogP contribution < -0.4 is 4.90 Å². The highest BCUT2D eigenvalue weighted by Gasteiger charge is 2.20. The Morgan fingerprint density at radius 1 is 1.47 bits per heavy atom. The van der Waals surface area contributed by atoms with Crippen LogP contribution in [0, 0.1) is 24.2 Å². The van der Waals surface area contributed by atoms with Gasteiger partial charge in [-0.2, -0.15) is 10.4 Å². The first kappa shape index (κ1) is 9.91. The van der Waals surface area contributed by atoms with E-state index in [9.17, 15) is 0 Å². The van der Waals surface area contributed by atoms with E-state index in [2.05, 4.69) is 21.2 Å². The van der Waals surface area contributed by atoms with Crippen LogP contribution in [0.15, 0.2) is 12.1 Å². The Labute approximate surface area is 89.5 Å². The molecule has 2 heterocycles. The van der Waals surface area contributed by atoms with Gasteiger partial charge < -0.3 is 4.90 Å². The highest BCUT2D eigenvalue weighted by Crippen LogP contribution is 2.20. The smallest absolute Gasteiger partial charge is 0.151 e. The number of hydrogen-bond acceptors (Lipinski definition) is 4. The van der Waals surface area contributed by atoms with Gasteiger partial charge in [0.15, 0.2) is 5.82 Å². The minimum atomic E-state index is 0.141. The zero-order chi connectivity index (χ0) is 10.7. The SMILES string of the molecule is Cc1ccc(N2CCCC(C#N)C2)nn1. The zero-order valence-corrected chi connectivity index (χ0v) is 8.85. The molecule has 1 fully saturated rings. The van der Waals surface area contributed by atoms with Gasteiger partial charge in [0, 0.05) is 13.1 Å². The summed E-state index contributed by atoms with van der Waals surface area (Å²) in [5.74, 6) is 1.03. The molecule has 0 bridgehead atoms. The fourth-order valence-corrected chi connectivity index (χ4v) is 1.85. The number of piperidine rings is 1. The predicted octanol–water partition coefficient (Wildman–Crippen LogP) is 1.52. The predicted molar refractivity (Wildman–Crippen MR) is 57.3 cm³/mol. The molecule has 1 saturated heterocycles. The lowest BCUT2D eigenvalue weighted by Crippen LogP contribution is -2.35. The van der Waals surface area contributed by atoms with Crippen LogP contribution in [0.1, 0.15) is 18.5 Å². The maximum absolute atomic E-state index is 8.89. The van der Waals surface area contributed by atoms with Crippen molar-refractivity contribution < 1.29 is 0 Å². The van der Waals surface area contributed by atoms with E-state index in [4.69, 9.17) is 5.26 Å². The van der Waals surface area contributed by atoms with Crippen LogP contribution in [0.5, 0.6) is 0 Å². The first-order valence-corrected chi connectivity index (χ1v) is 5.24. The molecule has 1 unspecified atom stereocenters. The second kappa shape index (κ2) is 4.26. The third-order valence-corrected chi connectivity index (χ3v) is 2.71. The van der Waals surface area contributed by atoms with E-state index in [-0.39, 0.29) is 5.92 Å². The van der Waals surface area contributed by atoms with E-state index in [1.165, 1.54) is 0 Å². The second-order valence-corrected chi connectivity index (χ2v) is 3.95. The van der Waals surface area contributed by atoms with Crippen LogP contribution in [-0.4, -0.2) is 23.3 Å². The molecule has 1 aromatic rings. The molecular weight excluding hydrogens is 188 g/mol. The summed E-state index contributed by atoms with van der Waals surface area (Å²) in [5.41, 5.74) is 0.924. The highest BCUT2D eigenvalue weighted by atomic mass is 15.3. The molecule has 1 aromatic heterocycles. The van der Waals surface area contributed by atoms with Crippen molar-refractivity contribution in [2.75, 3.05) is 18.0 Å². The first-order valence-electron chi connectivity index (χ1n) is 5.24. The van der Waals surface area contributed by atoms with E-state index in [0.29, 0.717) is 0 Å². The van der Waals surface area contributed by atoms with Crippen LogP contribution in [0.3, 0.4) is 0 Å². The van der Waals surface area contributed by atoms with Crippen molar-refractivity contribution in [1.29, 1.82) is 5.26 Å². The number of aromatic nitrogens is 2. The Morgan fingerprint density at radius 3 is 3.00 bits per heavy atom. The molecule has 0 aromatic carbocycles. The fraction of sp³-hybridized carbons (Fsp3) is 0.545. The molecule has 0 spiro atoms. The lowest BCUT2D eigenvalue weighted by atomic mass is 10.00. The maximum atomic E-state index is 8.89. The molecule has 4 heteroatoms. The Morgan fingerprint density at radius 2 is 2.33 bits per heavy atom. The van der Waals surface area contributed by atoms with Crippen molar-refractivity contribution in [1.82, 2.24) is 10.2 Å². The summed E-state index contributed by atoms with van der Waals surface area (Å²) in [4.78, 5) is 2.14. The van der Waals surface area contributed by atoms with Gasteiger partial charge >= 0.3 is 0 Å². The summed E-state index contributed by atoms with van der Waals surface area (Å²) in [6.07, 6.45) is 2.07. The van der Waals surface area contributed by atoms with Gasteiger partial charge in [0.2, 0.25) is 0 Å². The van der Waals surface area contributed by atoms with Crippen molar-refractivity contribution in [2.24, 2.45) is 5.92 Å². The number of rotatable bonds is 1. The summed E-state index contributed by atoms with van der Waals surface area (Å²) in [6, 6.07) is 6.26. The normalized spacial score (nSPS) is 21.1. The van der Waals surface area contributed by atoms with Gasteiger partial charge in [-0.15, -0.1) is 5.10 Å². The third kappa shape index (κ3) is 2.24. The number of nitrogens with zero attached hydrogens (tertiary/aromatic N) is 4. The molecule has 2 rings (SSSR count). The highest BCUT2D eigenvalue weighted by molar-refractivity contribution is 5.38. The van der Waals surface area contributed by atoms with Crippen molar-refractivity contribution >= 4 is 5.82 Å². The molecule has 1 atom stereocenters. The summed E-state index contributed by atoms with van der Waals surface area (Å²) >= 11 is 0.